The Bertz CT molecular complexity index is 346. The molecule has 0 radical (unpaired) electrons. The molecule has 0 aliphatic heterocycles. The summed E-state index contributed by atoms with van der Waals surface area (Å²) in [4.78, 5) is 11.4. The van der Waals surface area contributed by atoms with Crippen LogP contribution in [0.5, 0.6) is 0 Å². The molecule has 0 bridgehead atoms. The van der Waals surface area contributed by atoms with Gasteiger partial charge in [0.15, 0.2) is 0 Å². The lowest BCUT2D eigenvalue weighted by atomic mass is 10.2. The minimum atomic E-state index is -0.524. The predicted molar refractivity (Wildman–Crippen MR) is 57.5 cm³/mol. The van der Waals surface area contributed by atoms with Crippen LogP contribution in [0.2, 0.25) is 5.02 Å². The van der Waals surface area contributed by atoms with Gasteiger partial charge in [-0.2, -0.15) is 0 Å². The molecule has 76 valence electrons. The first kappa shape index (κ1) is 11.5. The highest BCUT2D eigenvalue weighted by molar-refractivity contribution is 9.09. The largest absolute Gasteiger partial charge is 0.351 e. The number of hydrogen-bond acceptors (Lipinski definition) is 1. The van der Waals surface area contributed by atoms with E-state index in [0.29, 0.717) is 17.4 Å². The van der Waals surface area contributed by atoms with Gasteiger partial charge in [-0.3, -0.25) is 4.79 Å². The molecule has 14 heavy (non-hydrogen) atoms. The standard InChI is InChI=1S/C9H8BrClFNO/c10-3-4-13-9(14)6-1-2-8(12)7(11)5-6/h1-2,5H,3-4H2,(H,13,14). The van der Waals surface area contributed by atoms with Crippen LogP contribution in [0.3, 0.4) is 0 Å². The van der Waals surface area contributed by atoms with Gasteiger partial charge in [-0.1, -0.05) is 27.5 Å². The summed E-state index contributed by atoms with van der Waals surface area (Å²) in [6.07, 6.45) is 0. The van der Waals surface area contributed by atoms with Crippen molar-refractivity contribution in [3.8, 4) is 0 Å². The zero-order chi connectivity index (χ0) is 10.6. The number of benzene rings is 1. The van der Waals surface area contributed by atoms with Crippen molar-refractivity contribution in [2.24, 2.45) is 0 Å². The zero-order valence-electron chi connectivity index (χ0n) is 7.19. The molecule has 1 amide bonds. The van der Waals surface area contributed by atoms with E-state index >= 15 is 0 Å². The van der Waals surface area contributed by atoms with E-state index in [0.717, 1.165) is 0 Å². The monoisotopic (exact) mass is 279 g/mol. The minimum absolute atomic E-state index is 0.0449. The summed E-state index contributed by atoms with van der Waals surface area (Å²) in [5, 5.41) is 3.26. The van der Waals surface area contributed by atoms with Crippen LogP contribution in [-0.4, -0.2) is 17.8 Å². The highest BCUT2D eigenvalue weighted by Crippen LogP contribution is 2.15. The smallest absolute Gasteiger partial charge is 0.251 e. The quantitative estimate of drug-likeness (QED) is 0.847. The van der Waals surface area contributed by atoms with Crippen molar-refractivity contribution in [3.05, 3.63) is 34.6 Å². The molecule has 1 aromatic carbocycles. The minimum Gasteiger partial charge on any atom is -0.351 e. The molecule has 0 atom stereocenters. The van der Waals surface area contributed by atoms with Crippen LogP contribution in [0.25, 0.3) is 0 Å². The molecule has 1 rings (SSSR count). The number of nitrogens with one attached hydrogen (secondary N) is 1. The summed E-state index contributed by atoms with van der Waals surface area (Å²) < 4.78 is 12.7. The molecule has 0 fully saturated rings. The fourth-order valence-electron chi connectivity index (χ4n) is 0.900. The number of rotatable bonds is 3. The van der Waals surface area contributed by atoms with Gasteiger partial charge >= 0.3 is 0 Å². The van der Waals surface area contributed by atoms with Gasteiger partial charge in [0.2, 0.25) is 0 Å². The summed E-state index contributed by atoms with van der Waals surface area (Å²) in [6, 6.07) is 3.87. The maximum Gasteiger partial charge on any atom is 0.251 e. The lowest BCUT2D eigenvalue weighted by Crippen LogP contribution is -2.25. The van der Waals surface area contributed by atoms with Crippen molar-refractivity contribution in [1.82, 2.24) is 5.32 Å². The van der Waals surface area contributed by atoms with Crippen molar-refractivity contribution >= 4 is 33.4 Å². The van der Waals surface area contributed by atoms with E-state index in [9.17, 15) is 9.18 Å². The Kier molecular flexibility index (Phi) is 4.35. The molecule has 0 aromatic heterocycles. The number of halogens is 3. The average Bonchev–Trinajstić information content (AvgIpc) is 2.18. The number of alkyl halides is 1. The summed E-state index contributed by atoms with van der Waals surface area (Å²) in [6.45, 7) is 0.522. The van der Waals surface area contributed by atoms with E-state index in [4.69, 9.17) is 11.6 Å². The molecule has 0 heterocycles. The van der Waals surface area contributed by atoms with Gasteiger partial charge in [-0.25, -0.2) is 4.39 Å². The molecule has 0 spiro atoms. The SMILES string of the molecule is O=C(NCCBr)c1ccc(F)c(Cl)c1. The summed E-state index contributed by atoms with van der Waals surface area (Å²) >= 11 is 8.70. The van der Waals surface area contributed by atoms with Crippen LogP contribution in [-0.2, 0) is 0 Å². The highest BCUT2D eigenvalue weighted by atomic mass is 79.9. The van der Waals surface area contributed by atoms with Crippen LogP contribution < -0.4 is 5.32 Å². The number of amides is 1. The molecular weight excluding hydrogens is 272 g/mol. The van der Waals surface area contributed by atoms with Crippen LogP contribution in [0, 0.1) is 5.82 Å². The fraction of sp³-hybridized carbons (Fsp3) is 0.222. The van der Waals surface area contributed by atoms with E-state index in [2.05, 4.69) is 21.2 Å². The Morgan fingerprint density at radius 3 is 2.86 bits per heavy atom. The van der Waals surface area contributed by atoms with Crippen LogP contribution in [0.15, 0.2) is 18.2 Å². The molecule has 0 saturated carbocycles. The molecule has 1 N–H and O–H groups in total. The lowest BCUT2D eigenvalue weighted by Gasteiger charge is -2.03. The molecule has 0 aliphatic rings. The summed E-state index contributed by atoms with van der Waals surface area (Å²) in [5.74, 6) is -0.782. The Labute approximate surface area is 94.6 Å². The summed E-state index contributed by atoms with van der Waals surface area (Å²) in [5.41, 5.74) is 0.359. The van der Waals surface area contributed by atoms with Gasteiger partial charge in [0.25, 0.3) is 5.91 Å². The van der Waals surface area contributed by atoms with Crippen LogP contribution in [0.1, 0.15) is 10.4 Å². The second kappa shape index (κ2) is 5.32. The molecule has 0 aliphatic carbocycles. The Hall–Kier alpha value is -0.610. The van der Waals surface area contributed by atoms with E-state index in [-0.39, 0.29) is 10.9 Å². The van der Waals surface area contributed by atoms with Crippen molar-refractivity contribution in [2.45, 2.75) is 0 Å². The van der Waals surface area contributed by atoms with Gasteiger partial charge in [0.05, 0.1) is 5.02 Å². The third-order valence-electron chi connectivity index (χ3n) is 1.56. The average molecular weight is 281 g/mol. The lowest BCUT2D eigenvalue weighted by molar-refractivity contribution is 0.0956. The van der Waals surface area contributed by atoms with Gasteiger partial charge in [0, 0.05) is 17.4 Å². The van der Waals surface area contributed by atoms with Crippen molar-refractivity contribution in [1.29, 1.82) is 0 Å². The number of carbonyl (C=O) groups excluding carboxylic acids is 1. The molecule has 2 nitrogen and oxygen atoms in total. The van der Waals surface area contributed by atoms with Gasteiger partial charge < -0.3 is 5.32 Å². The fourth-order valence-corrected chi connectivity index (χ4v) is 1.28. The van der Waals surface area contributed by atoms with E-state index in [1.165, 1.54) is 18.2 Å². The van der Waals surface area contributed by atoms with Crippen LogP contribution >= 0.6 is 27.5 Å². The van der Waals surface area contributed by atoms with E-state index in [1.54, 1.807) is 0 Å². The molecule has 1 aromatic rings. The topological polar surface area (TPSA) is 29.1 Å². The van der Waals surface area contributed by atoms with Crippen molar-refractivity contribution < 1.29 is 9.18 Å². The first-order valence-electron chi connectivity index (χ1n) is 3.94. The predicted octanol–water partition coefficient (Wildman–Crippen LogP) is 2.60. The Morgan fingerprint density at radius 2 is 2.29 bits per heavy atom. The second-order valence-corrected chi connectivity index (χ2v) is 3.77. The van der Waals surface area contributed by atoms with E-state index in [1.807, 2.05) is 0 Å². The number of carbonyl (C=O) groups is 1. The maximum absolute atomic E-state index is 12.7. The first-order valence-corrected chi connectivity index (χ1v) is 5.44. The zero-order valence-corrected chi connectivity index (χ0v) is 9.53. The Morgan fingerprint density at radius 1 is 1.57 bits per heavy atom. The molecule has 0 unspecified atom stereocenters. The van der Waals surface area contributed by atoms with E-state index < -0.39 is 5.82 Å². The third-order valence-corrected chi connectivity index (χ3v) is 2.25. The van der Waals surface area contributed by atoms with Gasteiger partial charge in [-0.15, -0.1) is 0 Å². The number of hydrogen-bond donors (Lipinski definition) is 1. The highest BCUT2D eigenvalue weighted by Gasteiger charge is 2.07. The second-order valence-electron chi connectivity index (χ2n) is 2.57. The first-order chi connectivity index (χ1) is 6.65. The summed E-state index contributed by atoms with van der Waals surface area (Å²) in [7, 11) is 0. The molecule has 5 heteroatoms. The third kappa shape index (κ3) is 2.96. The molecule has 0 saturated heterocycles. The maximum atomic E-state index is 12.7. The van der Waals surface area contributed by atoms with Crippen molar-refractivity contribution in [2.75, 3.05) is 11.9 Å². The molecular formula is C9H8BrClFNO. The van der Waals surface area contributed by atoms with Crippen molar-refractivity contribution in [3.63, 3.8) is 0 Å². The van der Waals surface area contributed by atoms with Crippen LogP contribution in [0.4, 0.5) is 4.39 Å². The van der Waals surface area contributed by atoms with Gasteiger partial charge in [0.1, 0.15) is 5.82 Å². The van der Waals surface area contributed by atoms with Gasteiger partial charge in [-0.05, 0) is 18.2 Å². The normalized spacial score (nSPS) is 9.93. The Balaban J connectivity index is 2.76.